The molecule has 13 heavy (non-hydrogen) atoms. The van der Waals surface area contributed by atoms with Crippen LogP contribution >= 0.6 is 11.3 Å². The Morgan fingerprint density at radius 1 is 1.46 bits per heavy atom. The van der Waals surface area contributed by atoms with Crippen LogP contribution in [0.4, 0.5) is 0 Å². The Morgan fingerprint density at radius 3 is 2.46 bits per heavy atom. The Kier molecular flexibility index (Phi) is 3.03. The van der Waals surface area contributed by atoms with Crippen molar-refractivity contribution in [2.45, 2.75) is 33.8 Å². The SMILES string of the molecule is Cc1nc(C(=O)OC(C)C)sc1C. The highest BCUT2D eigenvalue weighted by molar-refractivity contribution is 7.13. The Morgan fingerprint density at radius 2 is 2.08 bits per heavy atom. The molecule has 1 rings (SSSR count). The van der Waals surface area contributed by atoms with Crippen molar-refractivity contribution in [1.29, 1.82) is 0 Å². The van der Waals surface area contributed by atoms with Gasteiger partial charge in [-0.3, -0.25) is 0 Å². The van der Waals surface area contributed by atoms with Gasteiger partial charge >= 0.3 is 5.97 Å². The van der Waals surface area contributed by atoms with Gasteiger partial charge in [0.1, 0.15) is 0 Å². The van der Waals surface area contributed by atoms with Gasteiger partial charge in [-0.1, -0.05) is 0 Å². The van der Waals surface area contributed by atoms with Crippen LogP contribution in [0.1, 0.15) is 34.2 Å². The van der Waals surface area contributed by atoms with E-state index in [-0.39, 0.29) is 12.1 Å². The highest BCUT2D eigenvalue weighted by Crippen LogP contribution is 2.17. The first-order chi connectivity index (χ1) is 6.00. The van der Waals surface area contributed by atoms with Crippen molar-refractivity contribution in [2.24, 2.45) is 0 Å². The van der Waals surface area contributed by atoms with Crippen LogP contribution in [0.5, 0.6) is 0 Å². The van der Waals surface area contributed by atoms with Gasteiger partial charge in [-0.05, 0) is 27.7 Å². The number of carbonyl (C=O) groups is 1. The second-order valence-corrected chi connectivity index (χ2v) is 4.32. The van der Waals surface area contributed by atoms with E-state index in [1.807, 2.05) is 27.7 Å². The zero-order chi connectivity index (χ0) is 10.0. The molecule has 0 saturated carbocycles. The van der Waals surface area contributed by atoms with Crippen molar-refractivity contribution in [1.82, 2.24) is 4.98 Å². The normalized spacial score (nSPS) is 10.5. The summed E-state index contributed by atoms with van der Waals surface area (Å²) in [6, 6.07) is 0. The largest absolute Gasteiger partial charge is 0.458 e. The van der Waals surface area contributed by atoms with Crippen LogP contribution in [-0.4, -0.2) is 17.1 Å². The monoisotopic (exact) mass is 199 g/mol. The van der Waals surface area contributed by atoms with Crippen molar-refractivity contribution in [3.63, 3.8) is 0 Å². The number of hydrogen-bond donors (Lipinski definition) is 0. The van der Waals surface area contributed by atoms with Gasteiger partial charge in [0.25, 0.3) is 0 Å². The van der Waals surface area contributed by atoms with E-state index in [2.05, 4.69) is 4.98 Å². The summed E-state index contributed by atoms with van der Waals surface area (Å²) in [6.45, 7) is 7.48. The predicted octanol–water partition coefficient (Wildman–Crippen LogP) is 2.33. The molecule has 1 aromatic heterocycles. The molecule has 0 spiro atoms. The second-order valence-electron chi connectivity index (χ2n) is 3.11. The first-order valence-corrected chi connectivity index (χ1v) is 4.97. The summed E-state index contributed by atoms with van der Waals surface area (Å²) in [5.41, 5.74) is 0.903. The maximum absolute atomic E-state index is 11.3. The predicted molar refractivity (Wildman–Crippen MR) is 52.1 cm³/mol. The summed E-state index contributed by atoms with van der Waals surface area (Å²) in [5.74, 6) is -0.323. The lowest BCUT2D eigenvalue weighted by atomic mass is 10.4. The summed E-state index contributed by atoms with van der Waals surface area (Å²) in [7, 11) is 0. The minimum absolute atomic E-state index is 0.0861. The summed E-state index contributed by atoms with van der Waals surface area (Å²) < 4.78 is 5.01. The van der Waals surface area contributed by atoms with Crippen LogP contribution in [0.25, 0.3) is 0 Å². The quantitative estimate of drug-likeness (QED) is 0.686. The van der Waals surface area contributed by atoms with E-state index in [0.29, 0.717) is 5.01 Å². The summed E-state index contributed by atoms with van der Waals surface area (Å²) >= 11 is 1.38. The first-order valence-electron chi connectivity index (χ1n) is 4.15. The molecule has 0 amide bonds. The minimum atomic E-state index is -0.323. The van der Waals surface area contributed by atoms with Crippen molar-refractivity contribution in [2.75, 3.05) is 0 Å². The van der Waals surface area contributed by atoms with E-state index < -0.39 is 0 Å². The minimum Gasteiger partial charge on any atom is -0.458 e. The van der Waals surface area contributed by atoms with E-state index in [1.54, 1.807) is 0 Å². The summed E-state index contributed by atoms with van der Waals surface area (Å²) in [4.78, 5) is 16.5. The standard InChI is InChI=1S/C9H13NO2S/c1-5(2)12-9(11)8-10-6(3)7(4)13-8/h5H,1-4H3. The molecule has 0 atom stereocenters. The topological polar surface area (TPSA) is 39.2 Å². The molecule has 0 saturated heterocycles. The number of carbonyl (C=O) groups excluding carboxylic acids is 1. The average molecular weight is 199 g/mol. The molecular weight excluding hydrogens is 186 g/mol. The third-order valence-corrected chi connectivity index (χ3v) is 2.60. The van der Waals surface area contributed by atoms with E-state index in [0.717, 1.165) is 10.6 Å². The second kappa shape index (κ2) is 3.87. The lowest BCUT2D eigenvalue weighted by molar-refractivity contribution is 0.0377. The Balaban J connectivity index is 2.77. The molecule has 0 unspecified atom stereocenters. The lowest BCUT2D eigenvalue weighted by Crippen LogP contribution is -2.11. The molecule has 0 aromatic carbocycles. The molecule has 0 bridgehead atoms. The summed E-state index contributed by atoms with van der Waals surface area (Å²) in [6.07, 6.45) is -0.0861. The Labute approximate surface area is 81.8 Å². The van der Waals surface area contributed by atoms with E-state index in [4.69, 9.17) is 4.74 Å². The van der Waals surface area contributed by atoms with E-state index in [9.17, 15) is 4.79 Å². The third kappa shape index (κ3) is 2.52. The molecule has 0 N–H and O–H groups in total. The number of thiazole rings is 1. The number of aryl methyl sites for hydroxylation is 2. The molecule has 0 aliphatic heterocycles. The number of nitrogens with zero attached hydrogens (tertiary/aromatic N) is 1. The van der Waals surface area contributed by atoms with Gasteiger partial charge in [-0.25, -0.2) is 9.78 Å². The Bertz CT molecular complexity index is 298. The zero-order valence-electron chi connectivity index (χ0n) is 8.25. The molecule has 3 nitrogen and oxygen atoms in total. The molecule has 1 aromatic rings. The maximum atomic E-state index is 11.3. The van der Waals surface area contributed by atoms with Gasteiger partial charge in [-0.15, -0.1) is 11.3 Å². The highest BCUT2D eigenvalue weighted by atomic mass is 32.1. The third-order valence-electron chi connectivity index (χ3n) is 1.55. The Hall–Kier alpha value is -0.900. The number of rotatable bonds is 2. The van der Waals surface area contributed by atoms with Gasteiger partial charge in [0.2, 0.25) is 5.01 Å². The van der Waals surface area contributed by atoms with Gasteiger partial charge < -0.3 is 4.74 Å². The molecule has 0 aliphatic carbocycles. The number of esters is 1. The zero-order valence-corrected chi connectivity index (χ0v) is 9.07. The first kappa shape index (κ1) is 10.2. The lowest BCUT2D eigenvalue weighted by Gasteiger charge is -2.04. The van der Waals surface area contributed by atoms with Gasteiger partial charge in [-0.2, -0.15) is 0 Å². The molecule has 4 heteroatoms. The van der Waals surface area contributed by atoms with Crippen molar-refractivity contribution >= 4 is 17.3 Å². The van der Waals surface area contributed by atoms with Crippen LogP contribution in [-0.2, 0) is 4.74 Å². The van der Waals surface area contributed by atoms with Crippen molar-refractivity contribution in [3.8, 4) is 0 Å². The number of hydrogen-bond acceptors (Lipinski definition) is 4. The van der Waals surface area contributed by atoms with Crippen molar-refractivity contribution in [3.05, 3.63) is 15.6 Å². The molecule has 72 valence electrons. The van der Waals surface area contributed by atoms with E-state index >= 15 is 0 Å². The molecule has 0 radical (unpaired) electrons. The fraction of sp³-hybridized carbons (Fsp3) is 0.556. The molecular formula is C9H13NO2S. The number of ether oxygens (including phenoxy) is 1. The molecule has 0 fully saturated rings. The highest BCUT2D eigenvalue weighted by Gasteiger charge is 2.14. The van der Waals surface area contributed by atoms with E-state index in [1.165, 1.54) is 11.3 Å². The van der Waals surface area contributed by atoms with Gasteiger partial charge in [0.15, 0.2) is 0 Å². The smallest absolute Gasteiger partial charge is 0.367 e. The number of aromatic nitrogens is 1. The fourth-order valence-corrected chi connectivity index (χ4v) is 1.62. The van der Waals surface area contributed by atoms with Crippen LogP contribution in [0.3, 0.4) is 0 Å². The van der Waals surface area contributed by atoms with Crippen LogP contribution in [0.2, 0.25) is 0 Å². The maximum Gasteiger partial charge on any atom is 0.367 e. The van der Waals surface area contributed by atoms with Crippen LogP contribution in [0.15, 0.2) is 0 Å². The molecule has 1 heterocycles. The van der Waals surface area contributed by atoms with Crippen LogP contribution < -0.4 is 0 Å². The van der Waals surface area contributed by atoms with Crippen molar-refractivity contribution < 1.29 is 9.53 Å². The van der Waals surface area contributed by atoms with Crippen LogP contribution in [0, 0.1) is 13.8 Å². The average Bonchev–Trinajstić information content (AvgIpc) is 2.31. The fourth-order valence-electron chi connectivity index (χ4n) is 0.825. The van der Waals surface area contributed by atoms with Gasteiger partial charge in [0, 0.05) is 4.88 Å². The summed E-state index contributed by atoms with van der Waals surface area (Å²) in [5, 5.41) is 0.448. The molecule has 0 aliphatic rings. The van der Waals surface area contributed by atoms with Gasteiger partial charge in [0.05, 0.1) is 11.8 Å².